The summed E-state index contributed by atoms with van der Waals surface area (Å²) in [5.41, 5.74) is 9.11. The van der Waals surface area contributed by atoms with E-state index < -0.39 is 0 Å². The Hall–Kier alpha value is -2.79. The van der Waals surface area contributed by atoms with Crippen molar-refractivity contribution < 1.29 is 4.74 Å². The molecule has 5 heteroatoms. The predicted octanol–water partition coefficient (Wildman–Crippen LogP) is 3.24. The van der Waals surface area contributed by atoms with Gasteiger partial charge in [0.1, 0.15) is 5.75 Å². The number of benzene rings is 2. The Morgan fingerprint density at radius 3 is 2.58 bits per heavy atom. The van der Waals surface area contributed by atoms with Gasteiger partial charge in [-0.3, -0.25) is 5.84 Å². The van der Waals surface area contributed by atoms with Gasteiger partial charge in [0.25, 0.3) is 0 Å². The average molecular weight is 322 g/mol. The molecule has 5 nitrogen and oxygen atoms in total. The Labute approximate surface area is 141 Å². The van der Waals surface area contributed by atoms with Gasteiger partial charge in [-0.25, -0.2) is 4.98 Å². The van der Waals surface area contributed by atoms with Crippen molar-refractivity contribution in [3.63, 3.8) is 0 Å². The van der Waals surface area contributed by atoms with Crippen molar-refractivity contribution in [1.29, 1.82) is 0 Å². The molecule has 3 rings (SSSR count). The van der Waals surface area contributed by atoms with E-state index in [1.165, 1.54) is 16.7 Å². The van der Waals surface area contributed by atoms with Gasteiger partial charge in [-0.05, 0) is 61.2 Å². The number of para-hydroxylation sites is 2. The van der Waals surface area contributed by atoms with Crippen LogP contribution in [0.1, 0.15) is 22.5 Å². The minimum Gasteiger partial charge on any atom is -0.497 e. The van der Waals surface area contributed by atoms with Crippen molar-refractivity contribution >= 4 is 16.7 Å². The molecular weight excluding hydrogens is 300 g/mol. The topological polar surface area (TPSA) is 76.0 Å². The van der Waals surface area contributed by atoms with E-state index in [-0.39, 0.29) is 0 Å². The van der Waals surface area contributed by atoms with E-state index in [0.29, 0.717) is 0 Å². The van der Waals surface area contributed by atoms with Crippen LogP contribution in [-0.2, 0) is 6.42 Å². The maximum absolute atomic E-state index is 5.71. The molecule has 0 saturated heterocycles. The largest absolute Gasteiger partial charge is 0.497 e. The molecule has 0 fully saturated rings. The van der Waals surface area contributed by atoms with Crippen LogP contribution in [0.15, 0.2) is 42.5 Å². The lowest BCUT2D eigenvalue weighted by Gasteiger charge is -2.11. The monoisotopic (exact) mass is 322 g/mol. The number of ether oxygens (including phenoxy) is 1. The number of allylic oxidation sites excluding steroid dienone is 1. The molecule has 1 aromatic heterocycles. The Balaban J connectivity index is 1.91. The summed E-state index contributed by atoms with van der Waals surface area (Å²) in [6.45, 7) is 4.19. The molecule has 0 aliphatic heterocycles. The lowest BCUT2D eigenvalue weighted by molar-refractivity contribution is 0.414. The summed E-state index contributed by atoms with van der Waals surface area (Å²) in [7, 11) is 1.69. The van der Waals surface area contributed by atoms with E-state index in [2.05, 4.69) is 35.3 Å². The number of hydrogen-bond donors (Lipinski definition) is 3. The molecule has 1 heterocycles. The quantitative estimate of drug-likeness (QED) is 0.498. The lowest BCUT2D eigenvalue weighted by atomic mass is 9.99. The van der Waals surface area contributed by atoms with Crippen LogP contribution in [0, 0.1) is 13.8 Å². The molecule has 0 amide bonds. The third-order valence-electron chi connectivity index (χ3n) is 4.22. The van der Waals surface area contributed by atoms with Crippen LogP contribution in [0.3, 0.4) is 0 Å². The van der Waals surface area contributed by atoms with Gasteiger partial charge in [0, 0.05) is 0 Å². The molecule has 0 atom stereocenters. The van der Waals surface area contributed by atoms with Crippen LogP contribution in [0.2, 0.25) is 0 Å². The van der Waals surface area contributed by atoms with E-state index in [1.807, 2.05) is 36.4 Å². The van der Waals surface area contributed by atoms with Crippen LogP contribution in [0.5, 0.6) is 5.75 Å². The van der Waals surface area contributed by atoms with Crippen LogP contribution in [0.25, 0.3) is 16.7 Å². The predicted molar refractivity (Wildman–Crippen MR) is 97.6 cm³/mol. The fraction of sp³-hybridized carbons (Fsp3) is 0.211. The SMILES string of the molecule is COc1cc(C)c(C/C=C(\NN)c2nc3ccccc3[nH]2)c(C)c1. The number of nitrogens with two attached hydrogens (primary N) is 1. The first-order valence-electron chi connectivity index (χ1n) is 7.88. The van der Waals surface area contributed by atoms with E-state index in [1.54, 1.807) is 7.11 Å². The summed E-state index contributed by atoms with van der Waals surface area (Å²) >= 11 is 0. The summed E-state index contributed by atoms with van der Waals surface area (Å²) in [5, 5.41) is 0. The summed E-state index contributed by atoms with van der Waals surface area (Å²) in [5.74, 6) is 7.33. The van der Waals surface area contributed by atoms with Gasteiger partial charge in [0.2, 0.25) is 0 Å². The highest BCUT2D eigenvalue weighted by Crippen LogP contribution is 2.23. The smallest absolute Gasteiger partial charge is 0.155 e. The van der Waals surface area contributed by atoms with Gasteiger partial charge >= 0.3 is 0 Å². The molecule has 124 valence electrons. The number of imidazole rings is 1. The first kappa shape index (κ1) is 16.1. The van der Waals surface area contributed by atoms with Gasteiger partial charge < -0.3 is 15.1 Å². The minimum absolute atomic E-state index is 0.738. The number of hydrogen-bond acceptors (Lipinski definition) is 4. The van der Waals surface area contributed by atoms with E-state index >= 15 is 0 Å². The molecule has 0 radical (unpaired) electrons. The highest BCUT2D eigenvalue weighted by atomic mass is 16.5. The molecule has 0 unspecified atom stereocenters. The van der Waals surface area contributed by atoms with Crippen LogP contribution in [0.4, 0.5) is 0 Å². The molecule has 3 aromatic rings. The highest BCUT2D eigenvalue weighted by molar-refractivity contribution is 5.78. The van der Waals surface area contributed by atoms with Crippen LogP contribution >= 0.6 is 0 Å². The summed E-state index contributed by atoms with van der Waals surface area (Å²) in [6, 6.07) is 12.0. The van der Waals surface area contributed by atoms with Crippen LogP contribution in [-0.4, -0.2) is 17.1 Å². The van der Waals surface area contributed by atoms with Gasteiger partial charge in [0.05, 0.1) is 23.8 Å². The normalized spacial score (nSPS) is 11.8. The molecule has 24 heavy (non-hydrogen) atoms. The standard InChI is InChI=1S/C19H22N4O/c1-12-10-14(24-3)11-13(2)15(12)8-9-18(23-20)19-21-16-6-4-5-7-17(16)22-19/h4-7,9-11,23H,8,20H2,1-3H3,(H,21,22)/b18-9-. The zero-order valence-electron chi connectivity index (χ0n) is 14.2. The second kappa shape index (κ2) is 6.76. The zero-order valence-corrected chi connectivity index (χ0v) is 14.2. The van der Waals surface area contributed by atoms with E-state index in [0.717, 1.165) is 34.7 Å². The fourth-order valence-electron chi connectivity index (χ4n) is 2.90. The molecular formula is C19H22N4O. The molecule has 0 spiro atoms. The van der Waals surface area contributed by atoms with Gasteiger partial charge in [0.15, 0.2) is 5.82 Å². The van der Waals surface area contributed by atoms with Crippen LogP contribution < -0.4 is 16.0 Å². The highest BCUT2D eigenvalue weighted by Gasteiger charge is 2.09. The van der Waals surface area contributed by atoms with Crippen molar-refractivity contribution in [2.24, 2.45) is 5.84 Å². The van der Waals surface area contributed by atoms with E-state index in [9.17, 15) is 0 Å². The lowest BCUT2D eigenvalue weighted by Crippen LogP contribution is -2.21. The first-order valence-corrected chi connectivity index (χ1v) is 7.88. The number of aryl methyl sites for hydroxylation is 2. The van der Waals surface area contributed by atoms with Crippen molar-refractivity contribution in [3.05, 3.63) is 65.0 Å². The van der Waals surface area contributed by atoms with Gasteiger partial charge in [-0.1, -0.05) is 18.2 Å². The Bertz CT molecular complexity index is 839. The number of methoxy groups -OCH3 is 1. The Morgan fingerprint density at radius 1 is 1.25 bits per heavy atom. The number of aromatic nitrogens is 2. The number of nitrogens with zero attached hydrogens (tertiary/aromatic N) is 1. The van der Waals surface area contributed by atoms with Gasteiger partial charge in [-0.2, -0.15) is 0 Å². The third-order valence-corrected chi connectivity index (χ3v) is 4.22. The maximum atomic E-state index is 5.71. The molecule has 0 bridgehead atoms. The molecule has 4 N–H and O–H groups in total. The Morgan fingerprint density at radius 2 is 1.96 bits per heavy atom. The summed E-state index contributed by atoms with van der Waals surface area (Å²) in [6.07, 6.45) is 2.82. The number of aromatic amines is 1. The van der Waals surface area contributed by atoms with Crippen molar-refractivity contribution in [3.8, 4) is 5.75 Å². The summed E-state index contributed by atoms with van der Waals surface area (Å²) in [4.78, 5) is 7.87. The number of hydrazine groups is 1. The van der Waals surface area contributed by atoms with Crippen molar-refractivity contribution in [2.45, 2.75) is 20.3 Å². The Kier molecular flexibility index (Phi) is 4.53. The molecule has 0 aliphatic carbocycles. The van der Waals surface area contributed by atoms with Crippen molar-refractivity contribution in [2.75, 3.05) is 7.11 Å². The van der Waals surface area contributed by atoms with Crippen molar-refractivity contribution in [1.82, 2.24) is 15.4 Å². The molecule has 0 saturated carbocycles. The number of rotatable bonds is 5. The zero-order chi connectivity index (χ0) is 17.1. The second-order valence-corrected chi connectivity index (χ2v) is 5.81. The number of H-pyrrole nitrogens is 1. The van der Waals surface area contributed by atoms with E-state index in [4.69, 9.17) is 10.6 Å². The van der Waals surface area contributed by atoms with Gasteiger partial charge in [-0.15, -0.1) is 0 Å². The number of nitrogens with one attached hydrogen (secondary N) is 2. The second-order valence-electron chi connectivity index (χ2n) is 5.81. The fourth-order valence-corrected chi connectivity index (χ4v) is 2.90. The maximum Gasteiger partial charge on any atom is 0.155 e. The third kappa shape index (κ3) is 3.12. The number of fused-ring (bicyclic) bond motifs is 1. The molecule has 2 aromatic carbocycles. The summed E-state index contributed by atoms with van der Waals surface area (Å²) < 4.78 is 5.32. The minimum atomic E-state index is 0.738. The first-order chi connectivity index (χ1) is 11.6. The molecule has 0 aliphatic rings. The average Bonchev–Trinajstić information content (AvgIpc) is 3.01.